The average Bonchev–Trinajstić information content (AvgIpc) is 2.49. The van der Waals surface area contributed by atoms with Gasteiger partial charge in [0.15, 0.2) is 0 Å². The van der Waals surface area contributed by atoms with Gasteiger partial charge >= 0.3 is 0 Å². The SMILES string of the molecule is CN1CCN(C[C@@H](O)CN(C)C(=O)c2ccc(I)cc2)CC1. The molecule has 1 fully saturated rings. The molecule has 5 nitrogen and oxygen atoms in total. The lowest BCUT2D eigenvalue weighted by Gasteiger charge is -2.34. The van der Waals surface area contributed by atoms with Gasteiger partial charge in [-0.3, -0.25) is 9.69 Å². The van der Waals surface area contributed by atoms with E-state index in [-0.39, 0.29) is 5.91 Å². The molecule has 1 aliphatic rings. The van der Waals surface area contributed by atoms with Crippen LogP contribution in [0.15, 0.2) is 24.3 Å². The summed E-state index contributed by atoms with van der Waals surface area (Å²) in [5.41, 5.74) is 0.662. The predicted molar refractivity (Wildman–Crippen MR) is 96.1 cm³/mol. The van der Waals surface area contributed by atoms with Gasteiger partial charge in [0, 0.05) is 55.4 Å². The van der Waals surface area contributed by atoms with E-state index in [1.54, 1.807) is 11.9 Å². The minimum atomic E-state index is -0.513. The molecule has 0 bridgehead atoms. The molecule has 22 heavy (non-hydrogen) atoms. The fourth-order valence-electron chi connectivity index (χ4n) is 2.60. The molecule has 0 saturated carbocycles. The minimum absolute atomic E-state index is 0.0474. The van der Waals surface area contributed by atoms with Crippen LogP contribution in [0, 0.1) is 3.57 Å². The van der Waals surface area contributed by atoms with E-state index in [0.717, 1.165) is 29.7 Å². The van der Waals surface area contributed by atoms with E-state index in [1.807, 2.05) is 24.3 Å². The smallest absolute Gasteiger partial charge is 0.253 e. The first-order valence-corrected chi connectivity index (χ1v) is 8.63. The van der Waals surface area contributed by atoms with Crippen LogP contribution in [0.2, 0.25) is 0 Å². The lowest BCUT2D eigenvalue weighted by molar-refractivity contribution is 0.0501. The van der Waals surface area contributed by atoms with Crippen molar-refractivity contribution >= 4 is 28.5 Å². The molecule has 1 atom stereocenters. The summed E-state index contributed by atoms with van der Waals surface area (Å²) >= 11 is 2.22. The molecule has 0 aliphatic carbocycles. The van der Waals surface area contributed by atoms with Crippen molar-refractivity contribution < 1.29 is 9.90 Å². The van der Waals surface area contributed by atoms with E-state index in [0.29, 0.717) is 18.7 Å². The number of aliphatic hydroxyl groups excluding tert-OH is 1. The van der Waals surface area contributed by atoms with Crippen LogP contribution in [-0.2, 0) is 0 Å². The van der Waals surface area contributed by atoms with Crippen molar-refractivity contribution in [3.63, 3.8) is 0 Å². The number of hydrogen-bond acceptors (Lipinski definition) is 4. The number of benzene rings is 1. The van der Waals surface area contributed by atoms with Crippen molar-refractivity contribution in [2.75, 3.05) is 53.4 Å². The Morgan fingerprint density at radius 2 is 1.86 bits per heavy atom. The van der Waals surface area contributed by atoms with Crippen molar-refractivity contribution in [2.45, 2.75) is 6.10 Å². The topological polar surface area (TPSA) is 47.0 Å². The number of likely N-dealkylation sites (N-methyl/N-ethyl adjacent to an activating group) is 2. The van der Waals surface area contributed by atoms with Gasteiger partial charge in [-0.2, -0.15) is 0 Å². The average molecular weight is 417 g/mol. The number of β-amino-alcohol motifs (C(OH)–C–C–N with tert-alkyl or cyclic N) is 1. The third-order valence-corrected chi connectivity index (χ3v) is 4.71. The van der Waals surface area contributed by atoms with Crippen molar-refractivity contribution in [1.29, 1.82) is 0 Å². The lowest BCUT2D eigenvalue weighted by Crippen LogP contribution is -2.49. The van der Waals surface area contributed by atoms with Crippen LogP contribution in [0.3, 0.4) is 0 Å². The van der Waals surface area contributed by atoms with Gasteiger partial charge in [0.05, 0.1) is 6.10 Å². The zero-order chi connectivity index (χ0) is 16.1. The van der Waals surface area contributed by atoms with Gasteiger partial charge < -0.3 is 14.9 Å². The third-order valence-electron chi connectivity index (χ3n) is 3.99. The Morgan fingerprint density at radius 1 is 1.27 bits per heavy atom. The molecule has 2 rings (SSSR count). The van der Waals surface area contributed by atoms with Crippen molar-refractivity contribution in [1.82, 2.24) is 14.7 Å². The van der Waals surface area contributed by atoms with Gasteiger partial charge in [-0.25, -0.2) is 0 Å². The number of piperazine rings is 1. The molecule has 1 heterocycles. The molecule has 122 valence electrons. The van der Waals surface area contributed by atoms with E-state index < -0.39 is 6.10 Å². The lowest BCUT2D eigenvalue weighted by atomic mass is 10.2. The Kier molecular flexibility index (Phi) is 6.61. The summed E-state index contributed by atoms with van der Waals surface area (Å²) in [5, 5.41) is 10.2. The fraction of sp³-hybridized carbons (Fsp3) is 0.562. The summed E-state index contributed by atoms with van der Waals surface area (Å²) in [7, 11) is 3.86. The van der Waals surface area contributed by atoms with Crippen LogP contribution in [0.25, 0.3) is 0 Å². The molecule has 0 unspecified atom stereocenters. The molecule has 1 amide bonds. The molecule has 1 saturated heterocycles. The van der Waals surface area contributed by atoms with Crippen LogP contribution in [0.1, 0.15) is 10.4 Å². The van der Waals surface area contributed by atoms with Gasteiger partial charge in [0.1, 0.15) is 0 Å². The largest absolute Gasteiger partial charge is 0.390 e. The predicted octanol–water partition coefficient (Wildman–Crippen LogP) is 0.972. The number of hydrogen-bond donors (Lipinski definition) is 1. The Morgan fingerprint density at radius 3 is 2.45 bits per heavy atom. The Labute approximate surface area is 146 Å². The highest BCUT2D eigenvalue weighted by Gasteiger charge is 2.20. The Balaban J connectivity index is 1.81. The van der Waals surface area contributed by atoms with Gasteiger partial charge in [-0.15, -0.1) is 0 Å². The van der Waals surface area contributed by atoms with Crippen molar-refractivity contribution in [3.05, 3.63) is 33.4 Å². The standard InChI is InChI=1S/C16H24IN3O2/c1-18-7-9-20(10-8-18)12-15(21)11-19(2)16(22)13-3-5-14(17)6-4-13/h3-6,15,21H,7-12H2,1-2H3/t15-/m0/s1. The van der Waals surface area contributed by atoms with Crippen LogP contribution in [0.5, 0.6) is 0 Å². The first-order valence-electron chi connectivity index (χ1n) is 7.55. The van der Waals surface area contributed by atoms with Crippen molar-refractivity contribution in [2.24, 2.45) is 0 Å². The molecular weight excluding hydrogens is 393 g/mol. The second-order valence-corrected chi connectivity index (χ2v) is 7.20. The van der Waals surface area contributed by atoms with E-state index in [2.05, 4.69) is 39.4 Å². The van der Waals surface area contributed by atoms with Crippen molar-refractivity contribution in [3.8, 4) is 0 Å². The highest BCUT2D eigenvalue weighted by Crippen LogP contribution is 2.09. The number of halogens is 1. The van der Waals surface area contributed by atoms with E-state index >= 15 is 0 Å². The molecule has 1 N–H and O–H groups in total. The van der Waals surface area contributed by atoms with E-state index in [9.17, 15) is 9.90 Å². The molecule has 0 aromatic heterocycles. The number of rotatable bonds is 5. The summed E-state index contributed by atoms with van der Waals surface area (Å²) < 4.78 is 1.10. The van der Waals surface area contributed by atoms with Crippen LogP contribution in [0.4, 0.5) is 0 Å². The number of nitrogens with zero attached hydrogens (tertiary/aromatic N) is 3. The third kappa shape index (κ3) is 5.19. The molecule has 1 aromatic carbocycles. The summed E-state index contributed by atoms with van der Waals surface area (Å²) in [6.07, 6.45) is -0.513. The van der Waals surface area contributed by atoms with E-state index in [1.165, 1.54) is 0 Å². The second-order valence-electron chi connectivity index (χ2n) is 5.95. The monoisotopic (exact) mass is 417 g/mol. The summed E-state index contributed by atoms with van der Waals surface area (Å²) in [5.74, 6) is -0.0474. The van der Waals surface area contributed by atoms with Gasteiger partial charge in [0.2, 0.25) is 0 Å². The molecule has 6 heteroatoms. The highest BCUT2D eigenvalue weighted by molar-refractivity contribution is 14.1. The zero-order valence-electron chi connectivity index (χ0n) is 13.2. The van der Waals surface area contributed by atoms with Gasteiger partial charge in [-0.05, 0) is 53.9 Å². The normalized spacial score (nSPS) is 18.2. The maximum Gasteiger partial charge on any atom is 0.253 e. The first-order chi connectivity index (χ1) is 10.5. The summed E-state index contributed by atoms with van der Waals surface area (Å²) in [6.45, 7) is 4.99. The number of carbonyl (C=O) groups excluding carboxylic acids is 1. The quantitative estimate of drug-likeness (QED) is 0.726. The molecule has 0 radical (unpaired) electrons. The maximum atomic E-state index is 12.3. The Bertz CT molecular complexity index is 487. The molecule has 0 spiro atoms. The van der Waals surface area contributed by atoms with Gasteiger partial charge in [0.25, 0.3) is 5.91 Å². The van der Waals surface area contributed by atoms with Gasteiger partial charge in [-0.1, -0.05) is 0 Å². The van der Waals surface area contributed by atoms with Crippen LogP contribution >= 0.6 is 22.6 Å². The van der Waals surface area contributed by atoms with Crippen LogP contribution in [-0.4, -0.2) is 85.2 Å². The second kappa shape index (κ2) is 8.24. The number of amides is 1. The fourth-order valence-corrected chi connectivity index (χ4v) is 2.96. The number of carbonyl (C=O) groups is 1. The number of aliphatic hydroxyl groups is 1. The molecule has 1 aliphatic heterocycles. The molecule has 1 aromatic rings. The Hall–Kier alpha value is -0.700. The maximum absolute atomic E-state index is 12.3. The molecular formula is C16H24IN3O2. The highest BCUT2D eigenvalue weighted by atomic mass is 127. The summed E-state index contributed by atoms with van der Waals surface area (Å²) in [4.78, 5) is 18.5. The first kappa shape index (κ1) is 17.7. The minimum Gasteiger partial charge on any atom is -0.390 e. The zero-order valence-corrected chi connectivity index (χ0v) is 15.4. The van der Waals surface area contributed by atoms with Crippen LogP contribution < -0.4 is 0 Å². The van der Waals surface area contributed by atoms with E-state index in [4.69, 9.17) is 0 Å². The summed E-state index contributed by atoms with van der Waals surface area (Å²) in [6, 6.07) is 7.49.